The number of piperidine rings is 1. The van der Waals surface area contributed by atoms with Crippen LogP contribution in [-0.4, -0.2) is 46.2 Å². The van der Waals surface area contributed by atoms with Crippen molar-refractivity contribution < 1.29 is 9.53 Å². The fourth-order valence-corrected chi connectivity index (χ4v) is 5.20. The minimum Gasteiger partial charge on any atom is -0.496 e. The van der Waals surface area contributed by atoms with E-state index in [1.807, 2.05) is 30.0 Å². The van der Waals surface area contributed by atoms with Gasteiger partial charge in [0.1, 0.15) is 5.75 Å². The third-order valence-electron chi connectivity index (χ3n) is 6.76. The quantitative estimate of drug-likeness (QED) is 0.658. The second-order valence-corrected chi connectivity index (χ2v) is 9.00. The van der Waals surface area contributed by atoms with Crippen molar-refractivity contribution in [3.63, 3.8) is 0 Å². The summed E-state index contributed by atoms with van der Waals surface area (Å²) in [5, 5.41) is 7.43. The number of methoxy groups -OCH3 is 1. The summed E-state index contributed by atoms with van der Waals surface area (Å²) >= 11 is 0. The number of carbonyl (C=O) groups excluding carboxylic acids is 1. The molecule has 1 atom stereocenters. The van der Waals surface area contributed by atoms with E-state index in [-0.39, 0.29) is 11.8 Å². The molecule has 166 valence electrons. The summed E-state index contributed by atoms with van der Waals surface area (Å²) < 4.78 is 5.53. The van der Waals surface area contributed by atoms with Crippen molar-refractivity contribution >= 4 is 5.91 Å². The Morgan fingerprint density at radius 2 is 2.09 bits per heavy atom. The van der Waals surface area contributed by atoms with Gasteiger partial charge in [0, 0.05) is 48.1 Å². The SMILES string of the molecule is COc1ccccc1Cc1cc(C)nc([C@@H]2CCCN(C(=O)c3n[nH]c4c3CCC4)C2)c1. The first-order chi connectivity index (χ1) is 15.6. The Kier molecular flexibility index (Phi) is 5.68. The molecule has 6 heteroatoms. The molecule has 1 aromatic carbocycles. The molecule has 2 aromatic heterocycles. The Morgan fingerprint density at radius 3 is 2.97 bits per heavy atom. The van der Waals surface area contributed by atoms with E-state index in [1.165, 1.54) is 11.1 Å². The number of amides is 1. The lowest BCUT2D eigenvalue weighted by Gasteiger charge is -2.32. The molecule has 5 rings (SSSR count). The summed E-state index contributed by atoms with van der Waals surface area (Å²) in [7, 11) is 1.71. The molecule has 1 aliphatic carbocycles. The number of nitrogens with zero attached hydrogens (tertiary/aromatic N) is 3. The topological polar surface area (TPSA) is 71.1 Å². The zero-order valence-electron chi connectivity index (χ0n) is 18.9. The lowest BCUT2D eigenvalue weighted by atomic mass is 9.92. The molecule has 3 heterocycles. The molecule has 1 saturated heterocycles. The number of aromatic amines is 1. The van der Waals surface area contributed by atoms with Crippen LogP contribution in [0.1, 0.15) is 69.4 Å². The number of benzene rings is 1. The van der Waals surface area contributed by atoms with E-state index in [0.29, 0.717) is 12.2 Å². The van der Waals surface area contributed by atoms with Crippen LogP contribution in [0.15, 0.2) is 36.4 Å². The van der Waals surface area contributed by atoms with Gasteiger partial charge in [-0.2, -0.15) is 5.10 Å². The van der Waals surface area contributed by atoms with Gasteiger partial charge in [-0.05, 0) is 68.4 Å². The molecule has 6 nitrogen and oxygen atoms in total. The number of rotatable bonds is 5. The van der Waals surface area contributed by atoms with Crippen LogP contribution in [0.2, 0.25) is 0 Å². The third kappa shape index (κ3) is 4.01. The highest BCUT2D eigenvalue weighted by Crippen LogP contribution is 2.30. The first kappa shape index (κ1) is 20.7. The van der Waals surface area contributed by atoms with Crippen LogP contribution in [-0.2, 0) is 19.3 Å². The number of hydrogen-bond acceptors (Lipinski definition) is 4. The molecular weight excluding hydrogens is 400 g/mol. The second-order valence-electron chi connectivity index (χ2n) is 9.00. The van der Waals surface area contributed by atoms with Gasteiger partial charge in [0.25, 0.3) is 5.91 Å². The zero-order chi connectivity index (χ0) is 22.1. The number of hydrogen-bond donors (Lipinski definition) is 1. The highest BCUT2D eigenvalue weighted by molar-refractivity contribution is 5.94. The van der Waals surface area contributed by atoms with Crippen LogP contribution in [0.4, 0.5) is 0 Å². The van der Waals surface area contributed by atoms with Crippen molar-refractivity contribution in [2.45, 2.75) is 51.4 Å². The number of aromatic nitrogens is 3. The van der Waals surface area contributed by atoms with Gasteiger partial charge in [-0.3, -0.25) is 14.9 Å². The maximum absolute atomic E-state index is 13.3. The van der Waals surface area contributed by atoms with E-state index in [0.717, 1.165) is 73.5 Å². The van der Waals surface area contributed by atoms with E-state index < -0.39 is 0 Å². The number of nitrogens with one attached hydrogen (secondary N) is 1. The number of para-hydroxylation sites is 1. The zero-order valence-corrected chi connectivity index (χ0v) is 18.9. The van der Waals surface area contributed by atoms with Crippen molar-refractivity contribution in [1.82, 2.24) is 20.1 Å². The monoisotopic (exact) mass is 430 g/mol. The Hall–Kier alpha value is -3.15. The Balaban J connectivity index is 1.35. The maximum Gasteiger partial charge on any atom is 0.274 e. The molecule has 0 saturated carbocycles. The average Bonchev–Trinajstić information content (AvgIpc) is 3.43. The largest absolute Gasteiger partial charge is 0.496 e. The lowest BCUT2D eigenvalue weighted by molar-refractivity contribution is 0.0698. The van der Waals surface area contributed by atoms with Crippen molar-refractivity contribution in [3.8, 4) is 5.75 Å². The van der Waals surface area contributed by atoms with Gasteiger partial charge >= 0.3 is 0 Å². The van der Waals surface area contributed by atoms with Gasteiger partial charge in [0.05, 0.1) is 7.11 Å². The van der Waals surface area contributed by atoms with Crippen molar-refractivity contribution in [1.29, 1.82) is 0 Å². The van der Waals surface area contributed by atoms with Crippen LogP contribution < -0.4 is 4.74 Å². The van der Waals surface area contributed by atoms with Gasteiger partial charge in [-0.15, -0.1) is 0 Å². The molecule has 2 aliphatic rings. The number of fused-ring (bicyclic) bond motifs is 1. The normalized spacial score (nSPS) is 17.9. The first-order valence-corrected chi connectivity index (χ1v) is 11.6. The molecule has 3 aromatic rings. The van der Waals surface area contributed by atoms with Crippen molar-refractivity contribution in [2.24, 2.45) is 0 Å². The summed E-state index contributed by atoms with van der Waals surface area (Å²) in [5.74, 6) is 1.22. The van der Waals surface area contributed by atoms with Crippen LogP contribution in [0.25, 0.3) is 0 Å². The molecule has 1 fully saturated rings. The van der Waals surface area contributed by atoms with Gasteiger partial charge in [0.2, 0.25) is 0 Å². The minimum absolute atomic E-state index is 0.0657. The third-order valence-corrected chi connectivity index (χ3v) is 6.76. The molecule has 0 bridgehead atoms. The maximum atomic E-state index is 13.3. The molecule has 0 unspecified atom stereocenters. The summed E-state index contributed by atoms with van der Waals surface area (Å²) in [6.07, 6.45) is 5.90. The van der Waals surface area contributed by atoms with Crippen LogP contribution in [0.5, 0.6) is 5.75 Å². The fourth-order valence-electron chi connectivity index (χ4n) is 5.20. The minimum atomic E-state index is 0.0657. The predicted molar refractivity (Wildman–Crippen MR) is 123 cm³/mol. The Bertz CT molecular complexity index is 1140. The molecular formula is C26H30N4O2. The summed E-state index contributed by atoms with van der Waals surface area (Å²) in [4.78, 5) is 20.1. The standard InChI is InChI=1S/C26H30N4O2/c1-17-13-18(14-19-7-3-4-11-24(19)32-2)15-23(27-17)20-8-6-12-30(16-20)26(31)25-21-9-5-10-22(21)28-29-25/h3-4,7,11,13,15,20H,5-6,8-10,12,14,16H2,1-2H3,(H,28,29)/t20-/m1/s1. The molecule has 1 amide bonds. The first-order valence-electron chi connectivity index (χ1n) is 11.6. The molecule has 32 heavy (non-hydrogen) atoms. The fraction of sp³-hybridized carbons (Fsp3) is 0.423. The van der Waals surface area contributed by atoms with Gasteiger partial charge in [0.15, 0.2) is 5.69 Å². The number of likely N-dealkylation sites (tertiary alicyclic amines) is 1. The lowest BCUT2D eigenvalue weighted by Crippen LogP contribution is -2.39. The van der Waals surface area contributed by atoms with E-state index in [1.54, 1.807) is 7.11 Å². The molecule has 0 radical (unpaired) electrons. The number of pyridine rings is 1. The van der Waals surface area contributed by atoms with Gasteiger partial charge < -0.3 is 9.64 Å². The number of ether oxygens (including phenoxy) is 1. The van der Waals surface area contributed by atoms with Gasteiger partial charge in [-0.1, -0.05) is 18.2 Å². The Labute approximate surface area is 189 Å². The molecule has 0 spiro atoms. The van der Waals surface area contributed by atoms with Crippen molar-refractivity contribution in [2.75, 3.05) is 20.2 Å². The average molecular weight is 431 g/mol. The number of H-pyrrole nitrogens is 1. The summed E-state index contributed by atoms with van der Waals surface area (Å²) in [6.45, 7) is 3.54. The highest BCUT2D eigenvalue weighted by atomic mass is 16.5. The van der Waals surface area contributed by atoms with E-state index in [9.17, 15) is 4.79 Å². The predicted octanol–water partition coefficient (Wildman–Crippen LogP) is 4.22. The van der Waals surface area contributed by atoms with E-state index >= 15 is 0 Å². The number of carbonyl (C=O) groups is 1. The highest BCUT2D eigenvalue weighted by Gasteiger charge is 2.31. The van der Waals surface area contributed by atoms with Crippen molar-refractivity contribution in [3.05, 3.63) is 75.9 Å². The molecule has 1 aliphatic heterocycles. The summed E-state index contributed by atoms with van der Waals surface area (Å²) in [6, 6.07) is 12.5. The molecule has 1 N–H and O–H groups in total. The van der Waals surface area contributed by atoms with Crippen LogP contribution >= 0.6 is 0 Å². The van der Waals surface area contributed by atoms with E-state index in [2.05, 4.69) is 28.4 Å². The van der Waals surface area contributed by atoms with Gasteiger partial charge in [-0.25, -0.2) is 0 Å². The second kappa shape index (κ2) is 8.77. The van der Waals surface area contributed by atoms with Crippen LogP contribution in [0.3, 0.4) is 0 Å². The Morgan fingerprint density at radius 1 is 1.22 bits per heavy atom. The smallest absolute Gasteiger partial charge is 0.274 e. The number of aryl methyl sites for hydroxylation is 2. The van der Waals surface area contributed by atoms with Crippen LogP contribution in [0, 0.1) is 6.92 Å². The van der Waals surface area contributed by atoms with E-state index in [4.69, 9.17) is 9.72 Å². The summed E-state index contributed by atoms with van der Waals surface area (Å²) in [5.41, 5.74) is 7.39.